The maximum absolute atomic E-state index is 14.0. The molecule has 0 saturated carbocycles. The van der Waals surface area contributed by atoms with Crippen molar-refractivity contribution in [3.63, 3.8) is 0 Å². The number of rotatable bonds is 3. The molecule has 1 N–H and O–H groups in total. The zero-order valence-electron chi connectivity index (χ0n) is 12.3. The molecular formula is C17H11F2N5. The van der Waals surface area contributed by atoms with Crippen LogP contribution in [0.15, 0.2) is 61.1 Å². The van der Waals surface area contributed by atoms with E-state index in [2.05, 4.69) is 20.3 Å². The smallest absolute Gasteiger partial charge is 0.184 e. The maximum Gasteiger partial charge on any atom is 0.184 e. The monoisotopic (exact) mass is 323 g/mol. The molecule has 118 valence electrons. The summed E-state index contributed by atoms with van der Waals surface area (Å²) in [7, 11) is 0. The van der Waals surface area contributed by atoms with Crippen LogP contribution in [0.25, 0.3) is 17.2 Å². The van der Waals surface area contributed by atoms with E-state index in [1.807, 2.05) is 24.4 Å². The molecule has 0 fully saturated rings. The molecule has 0 unspecified atom stereocenters. The zero-order chi connectivity index (χ0) is 16.5. The van der Waals surface area contributed by atoms with Gasteiger partial charge in [0.15, 0.2) is 17.5 Å². The molecule has 0 spiro atoms. The molecule has 5 nitrogen and oxygen atoms in total. The van der Waals surface area contributed by atoms with Crippen LogP contribution in [-0.2, 0) is 0 Å². The average Bonchev–Trinajstić information content (AvgIpc) is 3.03. The Morgan fingerprint density at radius 1 is 0.875 bits per heavy atom. The van der Waals surface area contributed by atoms with Crippen LogP contribution in [0.2, 0.25) is 0 Å². The Hall–Kier alpha value is -3.35. The highest BCUT2D eigenvalue weighted by Crippen LogP contribution is 2.23. The van der Waals surface area contributed by atoms with Crippen molar-refractivity contribution in [2.45, 2.75) is 0 Å². The van der Waals surface area contributed by atoms with Crippen molar-refractivity contribution in [2.24, 2.45) is 0 Å². The van der Waals surface area contributed by atoms with Gasteiger partial charge >= 0.3 is 0 Å². The Labute approximate surface area is 135 Å². The van der Waals surface area contributed by atoms with E-state index in [-0.39, 0.29) is 17.3 Å². The number of nitrogens with one attached hydrogen (secondary N) is 1. The van der Waals surface area contributed by atoms with Crippen LogP contribution < -0.4 is 5.32 Å². The third kappa shape index (κ3) is 2.45. The summed E-state index contributed by atoms with van der Waals surface area (Å²) in [6, 6.07) is 11.5. The van der Waals surface area contributed by atoms with Crippen LogP contribution in [0.4, 0.5) is 20.3 Å². The average molecular weight is 323 g/mol. The molecule has 4 rings (SSSR count). The van der Waals surface area contributed by atoms with Gasteiger partial charge in [-0.3, -0.25) is 4.40 Å². The summed E-state index contributed by atoms with van der Waals surface area (Å²) in [5.41, 5.74) is 1.48. The van der Waals surface area contributed by atoms with E-state index in [1.54, 1.807) is 22.7 Å². The van der Waals surface area contributed by atoms with Crippen LogP contribution in [0.3, 0.4) is 0 Å². The lowest BCUT2D eigenvalue weighted by molar-refractivity contribution is 0.616. The predicted octanol–water partition coefficient (Wildman–Crippen LogP) is 3.81. The predicted molar refractivity (Wildman–Crippen MR) is 85.9 cm³/mol. The largest absolute Gasteiger partial charge is 0.335 e. The van der Waals surface area contributed by atoms with Crippen molar-refractivity contribution in [3.8, 4) is 11.5 Å². The van der Waals surface area contributed by atoms with Crippen molar-refractivity contribution in [1.82, 2.24) is 19.4 Å². The van der Waals surface area contributed by atoms with Crippen LogP contribution in [0.1, 0.15) is 0 Å². The number of imidazole rings is 1. The second kappa shape index (κ2) is 5.69. The summed E-state index contributed by atoms with van der Waals surface area (Å²) in [6.07, 6.45) is 4.47. The van der Waals surface area contributed by atoms with Crippen molar-refractivity contribution in [3.05, 3.63) is 72.7 Å². The van der Waals surface area contributed by atoms with Crippen molar-refractivity contribution in [2.75, 3.05) is 5.32 Å². The topological polar surface area (TPSA) is 55.1 Å². The lowest BCUT2D eigenvalue weighted by atomic mass is 10.3. The summed E-state index contributed by atoms with van der Waals surface area (Å²) in [4.78, 5) is 12.4. The molecule has 4 aromatic rings. The molecule has 3 aromatic heterocycles. The second-order valence-corrected chi connectivity index (χ2v) is 5.07. The Morgan fingerprint density at radius 2 is 1.71 bits per heavy atom. The van der Waals surface area contributed by atoms with Crippen molar-refractivity contribution >= 4 is 17.2 Å². The Balaban J connectivity index is 1.78. The number of benzene rings is 1. The molecule has 1 aromatic carbocycles. The van der Waals surface area contributed by atoms with E-state index in [4.69, 9.17) is 0 Å². The summed E-state index contributed by atoms with van der Waals surface area (Å²) >= 11 is 0. The molecule has 0 aliphatic heterocycles. The molecule has 0 radical (unpaired) electrons. The summed E-state index contributed by atoms with van der Waals surface area (Å²) in [6.45, 7) is 0. The molecule has 0 saturated heterocycles. The molecule has 3 heterocycles. The van der Waals surface area contributed by atoms with Crippen molar-refractivity contribution < 1.29 is 8.78 Å². The van der Waals surface area contributed by atoms with Crippen LogP contribution in [-0.4, -0.2) is 19.4 Å². The molecule has 0 amide bonds. The number of halogens is 2. The van der Waals surface area contributed by atoms with Gasteiger partial charge < -0.3 is 5.32 Å². The van der Waals surface area contributed by atoms with Crippen molar-refractivity contribution in [1.29, 1.82) is 0 Å². The van der Waals surface area contributed by atoms with Gasteiger partial charge in [-0.1, -0.05) is 18.2 Å². The minimum absolute atomic E-state index is 0.101. The molecule has 7 heteroatoms. The first-order chi connectivity index (χ1) is 11.7. The van der Waals surface area contributed by atoms with Gasteiger partial charge in [-0.25, -0.2) is 23.7 Å². The molecular weight excluding hydrogens is 312 g/mol. The highest BCUT2D eigenvalue weighted by molar-refractivity contribution is 5.62. The van der Waals surface area contributed by atoms with E-state index in [0.29, 0.717) is 5.69 Å². The van der Waals surface area contributed by atoms with Crippen LogP contribution >= 0.6 is 0 Å². The lowest BCUT2D eigenvalue weighted by Gasteiger charge is -2.09. The first kappa shape index (κ1) is 14.3. The Morgan fingerprint density at radius 3 is 2.58 bits per heavy atom. The molecule has 24 heavy (non-hydrogen) atoms. The third-order valence-electron chi connectivity index (χ3n) is 3.52. The molecule has 0 aliphatic carbocycles. The van der Waals surface area contributed by atoms with E-state index in [0.717, 1.165) is 11.8 Å². The number of hydrogen-bond donors (Lipinski definition) is 1. The van der Waals surface area contributed by atoms with Crippen LogP contribution in [0, 0.1) is 11.6 Å². The van der Waals surface area contributed by atoms with Gasteiger partial charge in [0.2, 0.25) is 0 Å². The Bertz CT molecular complexity index is 1030. The minimum atomic E-state index is -0.671. The fourth-order valence-electron chi connectivity index (χ4n) is 2.37. The summed E-state index contributed by atoms with van der Waals surface area (Å²) in [5.74, 6) is -0.979. The van der Waals surface area contributed by atoms with Gasteiger partial charge in [-0.15, -0.1) is 0 Å². The van der Waals surface area contributed by atoms with E-state index >= 15 is 0 Å². The minimum Gasteiger partial charge on any atom is -0.335 e. The number of anilines is 2. The van der Waals surface area contributed by atoms with Gasteiger partial charge in [0.05, 0.1) is 18.1 Å². The Kier molecular flexibility index (Phi) is 3.38. The molecule has 0 atom stereocenters. The highest BCUT2D eigenvalue weighted by atomic mass is 19.1. The SMILES string of the molecule is Fc1ccccc1Nc1nc(-c2cnc3ccccn23)ncc1F. The zero-order valence-corrected chi connectivity index (χ0v) is 12.3. The van der Waals surface area contributed by atoms with Gasteiger partial charge in [-0.2, -0.15) is 0 Å². The van der Waals surface area contributed by atoms with Gasteiger partial charge in [0.25, 0.3) is 0 Å². The number of pyridine rings is 1. The summed E-state index contributed by atoms with van der Waals surface area (Å²) in [5, 5.41) is 2.66. The van der Waals surface area contributed by atoms with Gasteiger partial charge in [0, 0.05) is 6.20 Å². The fourth-order valence-corrected chi connectivity index (χ4v) is 2.37. The first-order valence-corrected chi connectivity index (χ1v) is 7.19. The molecule has 0 bridgehead atoms. The van der Waals surface area contributed by atoms with E-state index < -0.39 is 11.6 Å². The maximum atomic E-state index is 14.0. The van der Waals surface area contributed by atoms with Crippen LogP contribution in [0.5, 0.6) is 0 Å². The quantitative estimate of drug-likeness (QED) is 0.623. The number of hydrogen-bond acceptors (Lipinski definition) is 4. The summed E-state index contributed by atoms with van der Waals surface area (Å²) < 4.78 is 29.5. The second-order valence-electron chi connectivity index (χ2n) is 5.07. The van der Waals surface area contributed by atoms with Gasteiger partial charge in [-0.05, 0) is 24.3 Å². The fraction of sp³-hybridized carbons (Fsp3) is 0. The highest BCUT2D eigenvalue weighted by Gasteiger charge is 2.13. The molecule has 0 aliphatic rings. The standard InChI is InChI=1S/C17H11F2N5/c18-11-5-1-2-6-13(11)22-16-12(19)9-21-17(23-16)14-10-20-15-7-3-4-8-24(14)15/h1-10H,(H,21,22,23). The number of fused-ring (bicyclic) bond motifs is 1. The first-order valence-electron chi connectivity index (χ1n) is 7.19. The number of aromatic nitrogens is 4. The number of nitrogens with zero attached hydrogens (tertiary/aromatic N) is 4. The third-order valence-corrected chi connectivity index (χ3v) is 3.52. The normalized spacial score (nSPS) is 10.9. The number of para-hydroxylation sites is 1. The lowest BCUT2D eigenvalue weighted by Crippen LogP contribution is -2.03. The van der Waals surface area contributed by atoms with E-state index in [1.165, 1.54) is 12.1 Å². The van der Waals surface area contributed by atoms with Gasteiger partial charge in [0.1, 0.15) is 17.2 Å². The van der Waals surface area contributed by atoms with E-state index in [9.17, 15) is 8.78 Å².